The molecule has 0 aromatic heterocycles. The van der Waals surface area contributed by atoms with E-state index < -0.39 is 23.8 Å². The molecule has 3 rings (SSSR count). The molecule has 0 spiro atoms. The molecule has 6 nitrogen and oxygen atoms in total. The fourth-order valence-corrected chi connectivity index (χ4v) is 2.35. The van der Waals surface area contributed by atoms with Crippen molar-refractivity contribution in [1.29, 1.82) is 0 Å². The Balaban J connectivity index is 1.65. The summed E-state index contributed by atoms with van der Waals surface area (Å²) in [5.74, 6) is -0.604. The molecule has 1 heterocycles. The van der Waals surface area contributed by atoms with Crippen molar-refractivity contribution in [3.05, 3.63) is 53.8 Å². The third-order valence-electron chi connectivity index (χ3n) is 3.50. The van der Waals surface area contributed by atoms with E-state index in [4.69, 9.17) is 4.74 Å². The fraction of sp³-hybridized carbons (Fsp3) is 0.176. The number of ether oxygens (including phenoxy) is 1. The Morgan fingerprint density at radius 3 is 2.92 bits per heavy atom. The van der Waals surface area contributed by atoms with Gasteiger partial charge in [-0.25, -0.2) is 9.18 Å². The first kappa shape index (κ1) is 15.8. The molecule has 0 fully saturated rings. The lowest BCUT2D eigenvalue weighted by atomic mass is 10.2. The number of carbonyl (C=O) groups is 2. The number of urea groups is 1. The Hall–Kier alpha value is -3.09. The second-order valence-corrected chi connectivity index (χ2v) is 5.46. The molecule has 1 aliphatic heterocycles. The van der Waals surface area contributed by atoms with Gasteiger partial charge in [0.05, 0.1) is 5.69 Å². The Morgan fingerprint density at radius 2 is 2.12 bits per heavy atom. The number of benzene rings is 2. The lowest BCUT2D eigenvalue weighted by Gasteiger charge is -2.15. The van der Waals surface area contributed by atoms with Crippen molar-refractivity contribution >= 4 is 23.3 Å². The number of rotatable bonds is 2. The van der Waals surface area contributed by atoms with Gasteiger partial charge in [-0.05, 0) is 36.8 Å². The van der Waals surface area contributed by atoms with E-state index in [-0.39, 0.29) is 12.3 Å². The highest BCUT2D eigenvalue weighted by molar-refractivity contribution is 6.00. The van der Waals surface area contributed by atoms with E-state index in [1.54, 1.807) is 6.07 Å². The predicted molar refractivity (Wildman–Crippen MR) is 87.6 cm³/mol. The smallest absolute Gasteiger partial charge is 0.320 e. The topological polar surface area (TPSA) is 79.5 Å². The van der Waals surface area contributed by atoms with Gasteiger partial charge in [-0.15, -0.1) is 0 Å². The van der Waals surface area contributed by atoms with Crippen LogP contribution in [0.15, 0.2) is 42.5 Å². The Morgan fingerprint density at radius 1 is 1.29 bits per heavy atom. The monoisotopic (exact) mass is 329 g/mol. The number of anilines is 2. The van der Waals surface area contributed by atoms with Crippen LogP contribution in [0.5, 0.6) is 5.75 Å². The van der Waals surface area contributed by atoms with Gasteiger partial charge in [-0.3, -0.25) is 4.79 Å². The molecule has 2 aromatic carbocycles. The molecule has 3 amide bonds. The van der Waals surface area contributed by atoms with Crippen molar-refractivity contribution in [3.63, 3.8) is 0 Å². The van der Waals surface area contributed by atoms with Crippen LogP contribution in [0.25, 0.3) is 0 Å². The van der Waals surface area contributed by atoms with E-state index in [1.165, 1.54) is 18.2 Å². The lowest BCUT2D eigenvalue weighted by Crippen LogP contribution is -2.48. The second-order valence-electron chi connectivity index (χ2n) is 5.46. The third-order valence-corrected chi connectivity index (χ3v) is 3.50. The summed E-state index contributed by atoms with van der Waals surface area (Å²) in [4.78, 5) is 24.2. The molecular weight excluding hydrogens is 313 g/mol. The maximum absolute atomic E-state index is 13.2. The van der Waals surface area contributed by atoms with Gasteiger partial charge in [0.15, 0.2) is 0 Å². The summed E-state index contributed by atoms with van der Waals surface area (Å²) in [6.45, 7) is 1.86. The van der Waals surface area contributed by atoms with Gasteiger partial charge in [-0.1, -0.05) is 12.1 Å². The number of fused-ring (bicyclic) bond motifs is 1. The van der Waals surface area contributed by atoms with Crippen molar-refractivity contribution in [2.24, 2.45) is 0 Å². The van der Waals surface area contributed by atoms with Gasteiger partial charge in [0.2, 0.25) is 0 Å². The zero-order chi connectivity index (χ0) is 17.1. The van der Waals surface area contributed by atoms with Crippen molar-refractivity contribution in [1.82, 2.24) is 5.32 Å². The minimum atomic E-state index is -0.898. The molecule has 3 N–H and O–H groups in total. The number of aryl methyl sites for hydroxylation is 1. The molecule has 124 valence electrons. The molecule has 0 radical (unpaired) electrons. The van der Waals surface area contributed by atoms with Crippen LogP contribution < -0.4 is 20.7 Å². The van der Waals surface area contributed by atoms with Crippen LogP contribution in [0.3, 0.4) is 0 Å². The van der Waals surface area contributed by atoms with E-state index in [0.717, 1.165) is 5.56 Å². The van der Waals surface area contributed by atoms with Crippen molar-refractivity contribution < 1.29 is 18.7 Å². The first-order chi connectivity index (χ1) is 11.5. The Labute approximate surface area is 138 Å². The van der Waals surface area contributed by atoms with Crippen LogP contribution in [-0.4, -0.2) is 24.6 Å². The van der Waals surface area contributed by atoms with Crippen molar-refractivity contribution in [2.75, 3.05) is 17.2 Å². The average Bonchev–Trinajstić information content (AvgIpc) is 2.66. The van der Waals surface area contributed by atoms with Crippen LogP contribution >= 0.6 is 0 Å². The largest absolute Gasteiger partial charge is 0.489 e. The third kappa shape index (κ3) is 3.62. The standard InChI is InChI=1S/C17H16FN3O3/c1-10-3-2-4-12(7-10)19-17(23)21-14-9-24-15-6-5-11(18)8-13(15)20-16(14)22/h2-8,14H,9H2,1H3,(H,20,22)(H2,19,21,23)/t14-/m1/s1. The summed E-state index contributed by atoms with van der Waals surface area (Å²) in [6, 6.07) is 9.69. The van der Waals surface area contributed by atoms with E-state index >= 15 is 0 Å². The molecule has 7 heteroatoms. The van der Waals surface area contributed by atoms with Gasteiger partial charge in [0.1, 0.15) is 24.2 Å². The maximum atomic E-state index is 13.2. The number of hydrogen-bond donors (Lipinski definition) is 3. The van der Waals surface area contributed by atoms with Crippen LogP contribution in [0.4, 0.5) is 20.6 Å². The molecule has 0 saturated heterocycles. The second kappa shape index (κ2) is 6.57. The van der Waals surface area contributed by atoms with Crippen LogP contribution in [0.1, 0.15) is 5.56 Å². The number of hydrogen-bond acceptors (Lipinski definition) is 3. The maximum Gasteiger partial charge on any atom is 0.320 e. The van der Waals surface area contributed by atoms with Gasteiger partial charge in [-0.2, -0.15) is 0 Å². The van der Waals surface area contributed by atoms with E-state index in [2.05, 4.69) is 16.0 Å². The molecule has 1 aliphatic rings. The molecule has 0 unspecified atom stereocenters. The summed E-state index contributed by atoms with van der Waals surface area (Å²) in [7, 11) is 0. The first-order valence-electron chi connectivity index (χ1n) is 7.39. The number of halogens is 1. The van der Waals surface area contributed by atoms with Crippen molar-refractivity contribution in [3.8, 4) is 5.75 Å². The minimum Gasteiger partial charge on any atom is -0.489 e. The highest BCUT2D eigenvalue weighted by atomic mass is 19.1. The van der Waals surface area contributed by atoms with Gasteiger partial charge >= 0.3 is 6.03 Å². The molecule has 0 saturated carbocycles. The Kier molecular flexibility index (Phi) is 4.33. The molecule has 24 heavy (non-hydrogen) atoms. The average molecular weight is 329 g/mol. The molecule has 1 atom stereocenters. The van der Waals surface area contributed by atoms with Crippen LogP contribution in [0.2, 0.25) is 0 Å². The molecule has 2 aromatic rings. The van der Waals surface area contributed by atoms with Gasteiger partial charge < -0.3 is 20.7 Å². The summed E-state index contributed by atoms with van der Waals surface area (Å²) >= 11 is 0. The zero-order valence-corrected chi connectivity index (χ0v) is 12.9. The molecular formula is C17H16FN3O3. The lowest BCUT2D eigenvalue weighted by molar-refractivity contribution is -0.118. The number of carbonyl (C=O) groups excluding carboxylic acids is 2. The summed E-state index contributed by atoms with van der Waals surface area (Å²) in [5.41, 5.74) is 1.86. The van der Waals surface area contributed by atoms with E-state index in [1.807, 2.05) is 25.1 Å². The highest BCUT2D eigenvalue weighted by Crippen LogP contribution is 2.27. The van der Waals surface area contributed by atoms with Crippen LogP contribution in [-0.2, 0) is 4.79 Å². The van der Waals surface area contributed by atoms with Gasteiger partial charge in [0, 0.05) is 11.8 Å². The predicted octanol–water partition coefficient (Wildman–Crippen LogP) is 2.66. The first-order valence-corrected chi connectivity index (χ1v) is 7.39. The molecule has 0 bridgehead atoms. The van der Waals surface area contributed by atoms with Gasteiger partial charge in [0.25, 0.3) is 5.91 Å². The van der Waals surface area contributed by atoms with Crippen LogP contribution in [0, 0.1) is 12.7 Å². The molecule has 0 aliphatic carbocycles. The van der Waals surface area contributed by atoms with Crippen molar-refractivity contribution in [2.45, 2.75) is 13.0 Å². The summed E-state index contributed by atoms with van der Waals surface area (Å²) in [6.07, 6.45) is 0. The number of amides is 3. The minimum absolute atomic E-state index is 0.0499. The Bertz CT molecular complexity index is 794. The fourth-order valence-electron chi connectivity index (χ4n) is 2.35. The summed E-state index contributed by atoms with van der Waals surface area (Å²) in [5, 5.41) is 7.75. The normalized spacial score (nSPS) is 16.2. The zero-order valence-electron chi connectivity index (χ0n) is 12.9. The quantitative estimate of drug-likeness (QED) is 0.792. The highest BCUT2D eigenvalue weighted by Gasteiger charge is 2.26. The SMILES string of the molecule is Cc1cccc(NC(=O)N[C@@H]2COc3ccc(F)cc3NC2=O)c1. The van der Waals surface area contributed by atoms with E-state index in [9.17, 15) is 14.0 Å². The van der Waals surface area contributed by atoms with E-state index in [0.29, 0.717) is 11.4 Å². The number of nitrogens with one attached hydrogen (secondary N) is 3. The summed E-state index contributed by atoms with van der Waals surface area (Å²) < 4.78 is 18.7.